The van der Waals surface area contributed by atoms with Crippen molar-refractivity contribution < 1.29 is 9.15 Å². The molecule has 10 heavy (non-hydrogen) atoms. The maximum atomic E-state index is 10.8. The predicted molar refractivity (Wildman–Crippen MR) is 36.5 cm³/mol. The minimum Gasteiger partial charge on any atom is -0.490 e. The Labute approximate surface area is 62.2 Å². The lowest BCUT2D eigenvalue weighted by Crippen LogP contribution is -2.02. The van der Waals surface area contributed by atoms with Crippen molar-refractivity contribution in [1.29, 1.82) is 0 Å². The van der Waals surface area contributed by atoms with Gasteiger partial charge in [0.25, 0.3) is 0 Å². The van der Waals surface area contributed by atoms with Crippen LogP contribution in [0.1, 0.15) is 0 Å². The Bertz CT molecular complexity index is 279. The minimum absolute atomic E-state index is 0.0609. The maximum absolute atomic E-state index is 10.8. The van der Waals surface area contributed by atoms with Gasteiger partial charge >= 0.3 is 0 Å². The number of hydrogen-bond acceptors (Lipinski definition) is 3. The van der Waals surface area contributed by atoms with Gasteiger partial charge in [-0.05, 0) is 11.6 Å². The van der Waals surface area contributed by atoms with Gasteiger partial charge in [-0.15, -0.1) is 0 Å². The summed E-state index contributed by atoms with van der Waals surface area (Å²) in [6.45, 7) is 0. The van der Waals surface area contributed by atoms with E-state index in [1.807, 2.05) is 0 Å². The molecular formula is C6H5ClO3. The molecule has 0 aromatic carbocycles. The van der Waals surface area contributed by atoms with Crippen LogP contribution in [0.5, 0.6) is 5.75 Å². The summed E-state index contributed by atoms with van der Waals surface area (Å²) in [4.78, 5) is 10.8. The van der Waals surface area contributed by atoms with Gasteiger partial charge in [0.15, 0.2) is 5.22 Å². The zero-order valence-electron chi connectivity index (χ0n) is 5.26. The Hall–Kier alpha value is -0.960. The van der Waals surface area contributed by atoms with Gasteiger partial charge in [-0.2, -0.15) is 0 Å². The van der Waals surface area contributed by atoms with Crippen molar-refractivity contribution in [2.24, 2.45) is 0 Å². The van der Waals surface area contributed by atoms with Crippen LogP contribution in [0, 0.1) is 0 Å². The lowest BCUT2D eigenvalue weighted by Gasteiger charge is -1.94. The predicted octanol–water partition coefficient (Wildman–Crippen LogP) is 1.30. The summed E-state index contributed by atoms with van der Waals surface area (Å²) in [5, 5.41) is 0.0609. The minimum atomic E-state index is -0.279. The molecule has 54 valence electrons. The molecule has 3 nitrogen and oxygen atoms in total. The molecule has 0 saturated carbocycles. The molecule has 0 unspecified atom stereocenters. The highest BCUT2D eigenvalue weighted by molar-refractivity contribution is 6.28. The van der Waals surface area contributed by atoms with Gasteiger partial charge < -0.3 is 9.15 Å². The van der Waals surface area contributed by atoms with E-state index < -0.39 is 0 Å². The van der Waals surface area contributed by atoms with E-state index in [0.29, 0.717) is 0 Å². The molecule has 0 saturated heterocycles. The summed E-state index contributed by atoms with van der Waals surface area (Å²) in [5.74, 6) is 0.157. The molecule has 1 heterocycles. The summed E-state index contributed by atoms with van der Waals surface area (Å²) < 4.78 is 9.31. The summed E-state index contributed by atoms with van der Waals surface area (Å²) >= 11 is 5.35. The first-order valence-electron chi connectivity index (χ1n) is 2.56. The van der Waals surface area contributed by atoms with E-state index in [-0.39, 0.29) is 16.4 Å². The van der Waals surface area contributed by atoms with E-state index >= 15 is 0 Å². The zero-order valence-corrected chi connectivity index (χ0v) is 6.01. The first-order valence-corrected chi connectivity index (χ1v) is 2.94. The SMILES string of the molecule is COc1coc(Cl)cc1=O. The van der Waals surface area contributed by atoms with Crippen molar-refractivity contribution in [3.05, 3.63) is 27.8 Å². The van der Waals surface area contributed by atoms with Gasteiger partial charge in [0.05, 0.1) is 7.11 Å². The fourth-order valence-electron chi connectivity index (χ4n) is 0.525. The van der Waals surface area contributed by atoms with Crippen molar-refractivity contribution in [2.75, 3.05) is 7.11 Å². The van der Waals surface area contributed by atoms with Crippen molar-refractivity contribution in [3.8, 4) is 5.75 Å². The topological polar surface area (TPSA) is 39.4 Å². The largest absolute Gasteiger partial charge is 0.490 e. The van der Waals surface area contributed by atoms with Crippen LogP contribution in [0.4, 0.5) is 0 Å². The smallest absolute Gasteiger partial charge is 0.228 e. The van der Waals surface area contributed by atoms with Crippen LogP contribution in [0.3, 0.4) is 0 Å². The van der Waals surface area contributed by atoms with Crippen LogP contribution in [0.2, 0.25) is 5.22 Å². The lowest BCUT2D eigenvalue weighted by atomic mass is 10.5. The number of methoxy groups -OCH3 is 1. The molecule has 0 bridgehead atoms. The second-order valence-electron chi connectivity index (χ2n) is 1.62. The number of halogens is 1. The van der Waals surface area contributed by atoms with E-state index in [0.717, 1.165) is 6.07 Å². The Kier molecular flexibility index (Phi) is 1.97. The highest BCUT2D eigenvalue weighted by atomic mass is 35.5. The molecule has 1 rings (SSSR count). The molecule has 0 atom stereocenters. The zero-order chi connectivity index (χ0) is 7.56. The third kappa shape index (κ3) is 1.30. The Morgan fingerprint density at radius 1 is 1.70 bits per heavy atom. The van der Waals surface area contributed by atoms with Crippen molar-refractivity contribution in [1.82, 2.24) is 0 Å². The van der Waals surface area contributed by atoms with E-state index in [2.05, 4.69) is 9.15 Å². The fraction of sp³-hybridized carbons (Fsp3) is 0.167. The van der Waals surface area contributed by atoms with Crippen LogP contribution in [-0.2, 0) is 0 Å². The molecule has 0 radical (unpaired) electrons. The number of rotatable bonds is 1. The first kappa shape index (κ1) is 7.15. The van der Waals surface area contributed by atoms with Crippen LogP contribution in [0.25, 0.3) is 0 Å². The van der Waals surface area contributed by atoms with Gasteiger partial charge in [0.2, 0.25) is 11.2 Å². The Morgan fingerprint density at radius 3 is 2.90 bits per heavy atom. The molecule has 4 heteroatoms. The summed E-state index contributed by atoms with van der Waals surface area (Å²) in [6.07, 6.45) is 1.17. The second-order valence-corrected chi connectivity index (χ2v) is 1.99. The quantitative estimate of drug-likeness (QED) is 0.622. The molecular weight excluding hydrogens is 156 g/mol. The summed E-state index contributed by atoms with van der Waals surface area (Å²) in [7, 11) is 1.39. The summed E-state index contributed by atoms with van der Waals surface area (Å²) in [5.41, 5.74) is -0.279. The van der Waals surface area contributed by atoms with Crippen LogP contribution in [0.15, 0.2) is 21.5 Å². The second kappa shape index (κ2) is 2.75. The van der Waals surface area contributed by atoms with Gasteiger partial charge in [0, 0.05) is 6.07 Å². The number of ether oxygens (including phenoxy) is 1. The van der Waals surface area contributed by atoms with Gasteiger partial charge in [-0.25, -0.2) is 0 Å². The van der Waals surface area contributed by atoms with Crippen molar-refractivity contribution in [3.63, 3.8) is 0 Å². The highest BCUT2D eigenvalue weighted by Crippen LogP contribution is 2.08. The molecule has 0 N–H and O–H groups in total. The molecule has 0 aliphatic rings. The summed E-state index contributed by atoms with van der Waals surface area (Å²) in [6, 6.07) is 1.15. The molecule has 0 fully saturated rings. The monoisotopic (exact) mass is 160 g/mol. The van der Waals surface area contributed by atoms with Gasteiger partial charge in [-0.3, -0.25) is 4.79 Å². The normalized spacial score (nSPS) is 9.40. The van der Waals surface area contributed by atoms with Gasteiger partial charge in [0.1, 0.15) is 6.26 Å². The highest BCUT2D eigenvalue weighted by Gasteiger charge is 1.99. The molecule has 0 amide bonds. The van der Waals surface area contributed by atoms with E-state index in [9.17, 15) is 4.79 Å². The number of hydrogen-bond donors (Lipinski definition) is 0. The first-order chi connectivity index (χ1) is 4.74. The standard InChI is InChI=1S/C6H5ClO3/c1-9-5-3-10-6(7)2-4(5)8/h2-3H,1H3. The Balaban J connectivity index is 3.20. The van der Waals surface area contributed by atoms with E-state index in [1.54, 1.807) is 0 Å². The average molecular weight is 161 g/mol. The molecule has 0 aliphatic heterocycles. The van der Waals surface area contributed by atoms with Crippen molar-refractivity contribution in [2.45, 2.75) is 0 Å². The van der Waals surface area contributed by atoms with Crippen molar-refractivity contribution >= 4 is 11.6 Å². The third-order valence-corrected chi connectivity index (χ3v) is 1.18. The third-order valence-electron chi connectivity index (χ3n) is 0.986. The lowest BCUT2D eigenvalue weighted by molar-refractivity contribution is 0.387. The van der Waals surface area contributed by atoms with Gasteiger partial charge in [-0.1, -0.05) is 0 Å². The molecule has 1 aromatic rings. The van der Waals surface area contributed by atoms with E-state index in [4.69, 9.17) is 11.6 Å². The average Bonchev–Trinajstić information content (AvgIpc) is 1.88. The van der Waals surface area contributed by atoms with Crippen LogP contribution >= 0.6 is 11.6 Å². The molecule has 0 spiro atoms. The maximum Gasteiger partial charge on any atom is 0.228 e. The van der Waals surface area contributed by atoms with Crippen LogP contribution in [-0.4, -0.2) is 7.11 Å². The molecule has 0 aliphatic carbocycles. The fourth-order valence-corrected chi connectivity index (χ4v) is 0.668. The Morgan fingerprint density at radius 2 is 2.40 bits per heavy atom. The molecule has 1 aromatic heterocycles. The van der Waals surface area contributed by atoms with Crippen LogP contribution < -0.4 is 10.2 Å². The van der Waals surface area contributed by atoms with E-state index in [1.165, 1.54) is 13.4 Å².